The van der Waals surface area contributed by atoms with E-state index in [-0.39, 0.29) is 18.1 Å². The van der Waals surface area contributed by atoms with Crippen LogP contribution in [0, 0.1) is 21.8 Å². The normalized spacial score (nSPS) is 10.7. The average molecular weight is 297 g/mol. The van der Waals surface area contributed by atoms with Crippen molar-refractivity contribution in [3.63, 3.8) is 0 Å². The second kappa shape index (κ2) is 8.31. The van der Waals surface area contributed by atoms with Crippen LogP contribution in [0.25, 0.3) is 0 Å². The summed E-state index contributed by atoms with van der Waals surface area (Å²) in [6.45, 7) is 5.35. The monoisotopic (exact) mass is 297 g/mol. The molecule has 0 heterocycles. The van der Waals surface area contributed by atoms with Crippen LogP contribution in [-0.2, 0) is 11.3 Å². The van der Waals surface area contributed by atoms with E-state index in [1.807, 2.05) is 13.8 Å². The number of rotatable bonds is 8. The predicted octanol–water partition coefficient (Wildman–Crippen LogP) is 1.99. The maximum Gasteiger partial charge on any atom is 0.272 e. The van der Waals surface area contributed by atoms with Gasteiger partial charge in [0.25, 0.3) is 5.69 Å². The highest BCUT2D eigenvalue weighted by Gasteiger charge is 2.09. The Kier molecular flexibility index (Phi) is 6.74. The van der Waals surface area contributed by atoms with Crippen molar-refractivity contribution in [1.29, 1.82) is 0 Å². The zero-order valence-corrected chi connectivity index (χ0v) is 12.2. The number of hydrogen-bond acceptors (Lipinski definition) is 4. The molecule has 1 rings (SSSR count). The van der Waals surface area contributed by atoms with Crippen LogP contribution in [0.4, 0.5) is 10.1 Å². The molecule has 0 bridgehead atoms. The number of amides is 1. The van der Waals surface area contributed by atoms with Crippen LogP contribution in [0.15, 0.2) is 18.2 Å². The fourth-order valence-corrected chi connectivity index (χ4v) is 1.68. The molecule has 0 saturated carbocycles. The molecule has 1 aromatic rings. The molecular formula is C14H20FN3O3. The fraction of sp³-hybridized carbons (Fsp3) is 0.500. The van der Waals surface area contributed by atoms with Gasteiger partial charge in [-0.25, -0.2) is 4.39 Å². The lowest BCUT2D eigenvalue weighted by Gasteiger charge is -2.08. The third kappa shape index (κ3) is 6.80. The zero-order chi connectivity index (χ0) is 15.8. The van der Waals surface area contributed by atoms with E-state index in [0.29, 0.717) is 31.0 Å². The largest absolute Gasteiger partial charge is 0.356 e. The van der Waals surface area contributed by atoms with Crippen LogP contribution < -0.4 is 10.6 Å². The summed E-state index contributed by atoms with van der Waals surface area (Å²) in [6.07, 6.45) is 0.310. The first-order valence-corrected chi connectivity index (χ1v) is 6.79. The zero-order valence-electron chi connectivity index (χ0n) is 12.2. The van der Waals surface area contributed by atoms with Crippen LogP contribution in [-0.4, -0.2) is 23.9 Å². The Balaban J connectivity index is 2.36. The van der Waals surface area contributed by atoms with Gasteiger partial charge in [0, 0.05) is 32.1 Å². The second-order valence-electron chi connectivity index (χ2n) is 5.20. The minimum absolute atomic E-state index is 0.0542. The molecule has 0 aliphatic heterocycles. The Bertz CT molecular complexity index is 506. The standard InChI is InChI=1S/C14H20FN3O3/c1-10(2)8-17-14(19)3-4-16-9-11-5-12(15)7-13(6-11)18(20)21/h5-7,10,16H,3-4,8-9H2,1-2H3,(H,17,19). The van der Waals surface area contributed by atoms with Crippen molar-refractivity contribution >= 4 is 11.6 Å². The Hall–Kier alpha value is -2.02. The summed E-state index contributed by atoms with van der Waals surface area (Å²) in [5.74, 6) is -0.299. The summed E-state index contributed by atoms with van der Waals surface area (Å²) in [7, 11) is 0. The molecule has 0 aliphatic carbocycles. The molecule has 0 spiro atoms. The third-order valence-corrected chi connectivity index (χ3v) is 2.72. The molecule has 6 nitrogen and oxygen atoms in total. The summed E-state index contributed by atoms with van der Waals surface area (Å²) < 4.78 is 13.2. The lowest BCUT2D eigenvalue weighted by molar-refractivity contribution is -0.385. The van der Waals surface area contributed by atoms with Gasteiger partial charge in [0.15, 0.2) is 0 Å². The molecule has 21 heavy (non-hydrogen) atoms. The number of nitrogens with one attached hydrogen (secondary N) is 2. The molecule has 2 N–H and O–H groups in total. The van der Waals surface area contributed by atoms with E-state index < -0.39 is 10.7 Å². The van der Waals surface area contributed by atoms with Gasteiger partial charge in [-0.2, -0.15) is 0 Å². The Morgan fingerprint density at radius 3 is 2.71 bits per heavy atom. The van der Waals surface area contributed by atoms with Gasteiger partial charge in [-0.3, -0.25) is 14.9 Å². The van der Waals surface area contributed by atoms with Crippen LogP contribution >= 0.6 is 0 Å². The smallest absolute Gasteiger partial charge is 0.272 e. The van der Waals surface area contributed by atoms with Gasteiger partial charge in [0.05, 0.1) is 11.0 Å². The van der Waals surface area contributed by atoms with Gasteiger partial charge in [0.2, 0.25) is 5.91 Å². The van der Waals surface area contributed by atoms with Crippen LogP contribution in [0.2, 0.25) is 0 Å². The number of benzene rings is 1. The quantitative estimate of drug-likeness (QED) is 0.436. The number of nitro benzene ring substituents is 1. The molecule has 116 valence electrons. The Morgan fingerprint density at radius 2 is 2.10 bits per heavy atom. The first-order chi connectivity index (χ1) is 9.88. The van der Waals surface area contributed by atoms with Gasteiger partial charge < -0.3 is 10.6 Å². The minimum atomic E-state index is -0.643. The Morgan fingerprint density at radius 1 is 1.38 bits per heavy atom. The second-order valence-corrected chi connectivity index (χ2v) is 5.20. The van der Waals surface area contributed by atoms with Crippen molar-refractivity contribution in [2.45, 2.75) is 26.8 Å². The van der Waals surface area contributed by atoms with E-state index in [1.54, 1.807) is 0 Å². The molecule has 0 saturated heterocycles. The van der Waals surface area contributed by atoms with Crippen molar-refractivity contribution in [1.82, 2.24) is 10.6 Å². The van der Waals surface area contributed by atoms with Gasteiger partial charge >= 0.3 is 0 Å². The summed E-state index contributed by atoms with van der Waals surface area (Å²) in [5, 5.41) is 16.4. The molecule has 0 aromatic heterocycles. The first-order valence-electron chi connectivity index (χ1n) is 6.79. The number of non-ortho nitro benzene ring substituents is 1. The van der Waals surface area contributed by atoms with E-state index >= 15 is 0 Å². The van der Waals surface area contributed by atoms with Crippen molar-refractivity contribution in [3.8, 4) is 0 Å². The minimum Gasteiger partial charge on any atom is -0.356 e. The molecule has 1 amide bonds. The van der Waals surface area contributed by atoms with E-state index in [2.05, 4.69) is 10.6 Å². The van der Waals surface area contributed by atoms with Crippen LogP contribution in [0.5, 0.6) is 0 Å². The van der Waals surface area contributed by atoms with E-state index in [1.165, 1.54) is 12.1 Å². The number of hydrogen-bond donors (Lipinski definition) is 2. The Labute approximate surface area is 122 Å². The van der Waals surface area contributed by atoms with Crippen molar-refractivity contribution in [2.75, 3.05) is 13.1 Å². The van der Waals surface area contributed by atoms with Crippen LogP contribution in [0.3, 0.4) is 0 Å². The lowest BCUT2D eigenvalue weighted by Crippen LogP contribution is -2.30. The number of nitro groups is 1. The molecule has 1 aromatic carbocycles. The first kappa shape index (κ1) is 17.0. The third-order valence-electron chi connectivity index (χ3n) is 2.72. The molecule has 0 atom stereocenters. The molecule has 0 unspecified atom stereocenters. The molecule has 0 aliphatic rings. The van der Waals surface area contributed by atoms with Gasteiger partial charge in [-0.05, 0) is 17.5 Å². The lowest BCUT2D eigenvalue weighted by atomic mass is 10.2. The highest BCUT2D eigenvalue weighted by atomic mass is 19.1. The number of nitrogens with zero attached hydrogens (tertiary/aromatic N) is 1. The van der Waals surface area contributed by atoms with Gasteiger partial charge in [-0.1, -0.05) is 13.8 Å². The van der Waals surface area contributed by atoms with E-state index in [9.17, 15) is 19.3 Å². The maximum atomic E-state index is 13.2. The molecule has 0 fully saturated rings. The predicted molar refractivity (Wildman–Crippen MR) is 77.2 cm³/mol. The van der Waals surface area contributed by atoms with E-state index in [0.717, 1.165) is 6.07 Å². The van der Waals surface area contributed by atoms with Crippen molar-refractivity contribution < 1.29 is 14.1 Å². The summed E-state index contributed by atoms with van der Waals surface area (Å²) in [5.41, 5.74) is 0.200. The summed E-state index contributed by atoms with van der Waals surface area (Å²) >= 11 is 0. The average Bonchev–Trinajstić information content (AvgIpc) is 2.40. The number of halogens is 1. The van der Waals surface area contributed by atoms with Crippen LogP contribution in [0.1, 0.15) is 25.8 Å². The molecular weight excluding hydrogens is 277 g/mol. The summed E-state index contributed by atoms with van der Waals surface area (Å²) in [6, 6.07) is 3.43. The topological polar surface area (TPSA) is 84.3 Å². The highest BCUT2D eigenvalue weighted by Crippen LogP contribution is 2.16. The van der Waals surface area contributed by atoms with Gasteiger partial charge in [-0.15, -0.1) is 0 Å². The van der Waals surface area contributed by atoms with Crippen molar-refractivity contribution in [3.05, 3.63) is 39.7 Å². The molecule has 7 heteroatoms. The van der Waals surface area contributed by atoms with E-state index in [4.69, 9.17) is 0 Å². The van der Waals surface area contributed by atoms with Crippen molar-refractivity contribution in [2.24, 2.45) is 5.92 Å². The fourth-order valence-electron chi connectivity index (χ4n) is 1.68. The maximum absolute atomic E-state index is 13.2. The number of carbonyl (C=O) groups is 1. The van der Waals surface area contributed by atoms with Gasteiger partial charge in [0.1, 0.15) is 5.82 Å². The number of carbonyl (C=O) groups excluding carboxylic acids is 1. The molecule has 0 radical (unpaired) electrons. The highest BCUT2D eigenvalue weighted by molar-refractivity contribution is 5.76. The summed E-state index contributed by atoms with van der Waals surface area (Å²) in [4.78, 5) is 21.4. The SMILES string of the molecule is CC(C)CNC(=O)CCNCc1cc(F)cc([N+](=O)[O-])c1.